The first kappa shape index (κ1) is 17.8. The summed E-state index contributed by atoms with van der Waals surface area (Å²) < 4.78 is 0. The Morgan fingerprint density at radius 2 is 1.80 bits per heavy atom. The van der Waals surface area contributed by atoms with Gasteiger partial charge in [0.1, 0.15) is 18.2 Å². The highest BCUT2D eigenvalue weighted by Gasteiger charge is 2.48. The summed E-state index contributed by atoms with van der Waals surface area (Å²) in [6, 6.07) is 7.82. The Bertz CT molecular complexity index is 634. The van der Waals surface area contributed by atoms with Crippen LogP contribution < -0.4 is 5.73 Å². The van der Waals surface area contributed by atoms with Crippen molar-refractivity contribution >= 4 is 11.8 Å². The van der Waals surface area contributed by atoms with E-state index < -0.39 is 42.2 Å². The molecule has 0 aliphatic carbocycles. The van der Waals surface area contributed by atoms with Gasteiger partial charge in [-0.15, -0.1) is 0 Å². The van der Waals surface area contributed by atoms with Crippen LogP contribution in [-0.2, 0) is 16.0 Å². The molecule has 2 unspecified atom stereocenters. The van der Waals surface area contributed by atoms with Gasteiger partial charge in [0, 0.05) is 19.1 Å². The van der Waals surface area contributed by atoms with E-state index in [0.29, 0.717) is 19.5 Å². The summed E-state index contributed by atoms with van der Waals surface area (Å²) in [5.74, 6) is -1.42. The van der Waals surface area contributed by atoms with Crippen LogP contribution in [-0.4, -0.2) is 87.0 Å². The lowest BCUT2D eigenvalue weighted by Crippen LogP contribution is -2.70. The zero-order valence-corrected chi connectivity index (χ0v) is 13.7. The molecular weight excluding hydrogens is 326 g/mol. The second-order valence-electron chi connectivity index (χ2n) is 6.71. The summed E-state index contributed by atoms with van der Waals surface area (Å²) in [6.07, 6.45) is -2.41. The predicted molar refractivity (Wildman–Crippen MR) is 88.2 cm³/mol. The van der Waals surface area contributed by atoms with Gasteiger partial charge < -0.3 is 26.0 Å². The Hall–Kier alpha value is -2.00. The van der Waals surface area contributed by atoms with Crippen LogP contribution in [0.25, 0.3) is 0 Å². The molecule has 8 nitrogen and oxygen atoms in total. The minimum atomic E-state index is -1.37. The Balaban J connectivity index is 1.73. The zero-order valence-electron chi connectivity index (χ0n) is 13.7. The molecule has 0 aromatic heterocycles. The van der Waals surface area contributed by atoms with Crippen LogP contribution in [0, 0.1) is 0 Å². The molecule has 2 amide bonds. The van der Waals surface area contributed by atoms with E-state index in [1.165, 1.54) is 0 Å². The number of hydrogen-bond donors (Lipinski definition) is 4. The Morgan fingerprint density at radius 1 is 1.16 bits per heavy atom. The molecule has 2 saturated heterocycles. The molecule has 5 N–H and O–H groups in total. The van der Waals surface area contributed by atoms with Crippen LogP contribution in [0.4, 0.5) is 0 Å². The molecular formula is C17H23N3O5. The maximum atomic E-state index is 12.6. The summed E-state index contributed by atoms with van der Waals surface area (Å²) in [4.78, 5) is 26.9. The molecule has 2 aliphatic rings. The highest BCUT2D eigenvalue weighted by molar-refractivity contribution is 5.91. The van der Waals surface area contributed by atoms with Crippen molar-refractivity contribution in [2.45, 2.75) is 36.8 Å². The van der Waals surface area contributed by atoms with E-state index in [-0.39, 0.29) is 6.54 Å². The van der Waals surface area contributed by atoms with Gasteiger partial charge in [-0.1, -0.05) is 30.3 Å². The molecule has 2 fully saturated rings. The van der Waals surface area contributed by atoms with Crippen molar-refractivity contribution in [1.82, 2.24) is 9.80 Å². The zero-order chi connectivity index (χ0) is 18.1. The van der Waals surface area contributed by atoms with Gasteiger partial charge in [-0.05, 0) is 12.0 Å². The Kier molecular flexibility index (Phi) is 5.05. The van der Waals surface area contributed by atoms with E-state index in [0.717, 1.165) is 10.5 Å². The molecule has 8 heteroatoms. The van der Waals surface area contributed by atoms with E-state index >= 15 is 0 Å². The molecule has 2 aliphatic heterocycles. The number of rotatable bonds is 6. The van der Waals surface area contributed by atoms with E-state index in [4.69, 9.17) is 5.73 Å². The monoisotopic (exact) mass is 349 g/mol. The maximum Gasteiger partial charge on any atom is 0.253 e. The van der Waals surface area contributed by atoms with Crippen LogP contribution in [0.15, 0.2) is 30.3 Å². The lowest BCUT2D eigenvalue weighted by Gasteiger charge is -2.47. The summed E-state index contributed by atoms with van der Waals surface area (Å²) in [6.45, 7) is 0.734. The molecule has 0 radical (unpaired) electrons. The van der Waals surface area contributed by atoms with Gasteiger partial charge in [-0.2, -0.15) is 0 Å². The number of primary amides is 1. The molecule has 3 rings (SSSR count). The lowest BCUT2D eigenvalue weighted by molar-refractivity contribution is -0.170. The van der Waals surface area contributed by atoms with Gasteiger partial charge in [0.15, 0.2) is 0 Å². The standard InChI is InChI=1S/C17H23N3O5/c18-16(24)14-13(22)9-20(14)17(25)15(23)12(19-7-11(21)8-19)6-10-4-2-1-3-5-10/h1-5,11-15,21-23H,6-9H2,(H2,18,24)/t12-,13?,14?,15+/m0/s1. The molecule has 136 valence electrons. The van der Waals surface area contributed by atoms with Crippen molar-refractivity contribution in [2.75, 3.05) is 19.6 Å². The number of likely N-dealkylation sites (tertiary alicyclic amines) is 2. The number of nitrogens with zero attached hydrogens (tertiary/aromatic N) is 2. The number of carbonyl (C=O) groups is 2. The average molecular weight is 349 g/mol. The fourth-order valence-corrected chi connectivity index (χ4v) is 3.44. The average Bonchev–Trinajstić information content (AvgIpc) is 2.54. The normalized spacial score (nSPS) is 26.4. The highest BCUT2D eigenvalue weighted by atomic mass is 16.3. The van der Waals surface area contributed by atoms with E-state index in [1.54, 1.807) is 0 Å². The van der Waals surface area contributed by atoms with Crippen LogP contribution in [0.5, 0.6) is 0 Å². The highest BCUT2D eigenvalue weighted by Crippen LogP contribution is 2.24. The molecule has 0 saturated carbocycles. The third-order valence-corrected chi connectivity index (χ3v) is 4.92. The minimum Gasteiger partial charge on any atom is -0.390 e. The predicted octanol–water partition coefficient (Wildman–Crippen LogP) is -2.31. The number of hydrogen-bond acceptors (Lipinski definition) is 6. The number of aliphatic hydroxyl groups is 3. The number of nitrogens with two attached hydrogens (primary N) is 1. The van der Waals surface area contributed by atoms with E-state index in [2.05, 4.69) is 0 Å². The molecule has 0 spiro atoms. The second kappa shape index (κ2) is 7.09. The van der Waals surface area contributed by atoms with E-state index in [9.17, 15) is 24.9 Å². The Labute approximate surface area is 145 Å². The van der Waals surface area contributed by atoms with Crippen molar-refractivity contribution in [3.63, 3.8) is 0 Å². The molecule has 25 heavy (non-hydrogen) atoms. The summed E-state index contributed by atoms with van der Waals surface area (Å²) in [5.41, 5.74) is 6.17. The summed E-state index contributed by atoms with van der Waals surface area (Å²) >= 11 is 0. The largest absolute Gasteiger partial charge is 0.390 e. The van der Waals surface area contributed by atoms with Gasteiger partial charge in [-0.25, -0.2) is 0 Å². The third kappa shape index (κ3) is 3.52. The van der Waals surface area contributed by atoms with Gasteiger partial charge in [-0.3, -0.25) is 14.5 Å². The van der Waals surface area contributed by atoms with Crippen molar-refractivity contribution in [2.24, 2.45) is 5.73 Å². The van der Waals surface area contributed by atoms with Gasteiger partial charge >= 0.3 is 0 Å². The minimum absolute atomic E-state index is 0.0236. The quantitative estimate of drug-likeness (QED) is 0.457. The first-order valence-electron chi connectivity index (χ1n) is 8.30. The molecule has 4 atom stereocenters. The van der Waals surface area contributed by atoms with Crippen LogP contribution >= 0.6 is 0 Å². The van der Waals surface area contributed by atoms with Gasteiger partial charge in [0.05, 0.1) is 12.6 Å². The third-order valence-electron chi connectivity index (χ3n) is 4.92. The SMILES string of the molecule is NC(=O)C1C(O)CN1C(=O)[C@H](O)[C@H](Cc1ccccc1)N1CC(O)C1. The first-order chi connectivity index (χ1) is 11.9. The van der Waals surface area contributed by atoms with Crippen molar-refractivity contribution in [3.05, 3.63) is 35.9 Å². The fraction of sp³-hybridized carbons (Fsp3) is 0.529. The van der Waals surface area contributed by atoms with Crippen LogP contribution in [0.3, 0.4) is 0 Å². The van der Waals surface area contributed by atoms with Crippen molar-refractivity contribution in [3.8, 4) is 0 Å². The number of β-amino-alcohol motifs (C(OH)–C–C–N with tert-alkyl or cyclic N) is 2. The van der Waals surface area contributed by atoms with Gasteiger partial charge in [0.25, 0.3) is 5.91 Å². The topological polar surface area (TPSA) is 127 Å². The van der Waals surface area contributed by atoms with Crippen LogP contribution in [0.1, 0.15) is 5.56 Å². The molecule has 1 aromatic rings. The molecule has 1 aromatic carbocycles. The smallest absolute Gasteiger partial charge is 0.253 e. The summed E-state index contributed by atoms with van der Waals surface area (Å²) in [5, 5.41) is 29.8. The number of aliphatic hydroxyl groups excluding tert-OH is 3. The lowest BCUT2D eigenvalue weighted by atomic mass is 9.92. The van der Waals surface area contributed by atoms with Crippen molar-refractivity contribution < 1.29 is 24.9 Å². The van der Waals surface area contributed by atoms with Crippen molar-refractivity contribution in [1.29, 1.82) is 0 Å². The number of carbonyl (C=O) groups excluding carboxylic acids is 2. The fourth-order valence-electron chi connectivity index (χ4n) is 3.44. The molecule has 2 heterocycles. The Morgan fingerprint density at radius 3 is 2.32 bits per heavy atom. The maximum absolute atomic E-state index is 12.6. The number of amides is 2. The van der Waals surface area contributed by atoms with Crippen LogP contribution in [0.2, 0.25) is 0 Å². The first-order valence-corrected chi connectivity index (χ1v) is 8.30. The van der Waals surface area contributed by atoms with Gasteiger partial charge in [0.2, 0.25) is 5.91 Å². The number of benzene rings is 1. The summed E-state index contributed by atoms with van der Waals surface area (Å²) in [7, 11) is 0. The second-order valence-corrected chi connectivity index (χ2v) is 6.71. The molecule has 0 bridgehead atoms. The van der Waals surface area contributed by atoms with E-state index in [1.807, 2.05) is 35.2 Å².